The van der Waals surface area contributed by atoms with Gasteiger partial charge in [0.2, 0.25) is 0 Å². The molecule has 0 aromatic heterocycles. The maximum Gasteiger partial charge on any atom is 0.293 e. The lowest BCUT2D eigenvalue weighted by atomic mass is 10.1. The van der Waals surface area contributed by atoms with Gasteiger partial charge in [0, 0.05) is 30.3 Å². The van der Waals surface area contributed by atoms with Gasteiger partial charge in [0.05, 0.1) is 6.54 Å². The van der Waals surface area contributed by atoms with E-state index < -0.39 is 5.91 Å². The van der Waals surface area contributed by atoms with Gasteiger partial charge in [-0.2, -0.15) is 17.0 Å². The fourth-order valence-electron chi connectivity index (χ4n) is 2.29. The summed E-state index contributed by atoms with van der Waals surface area (Å²) in [6.45, 7) is 10.1. The Bertz CT molecular complexity index is 713. The van der Waals surface area contributed by atoms with E-state index in [1.165, 1.54) is 5.57 Å². The zero-order valence-electron chi connectivity index (χ0n) is 16.4. The molecule has 28 heavy (non-hydrogen) atoms. The second-order valence-electron chi connectivity index (χ2n) is 6.29. The molecular formula is C21H27N3O3S. The van der Waals surface area contributed by atoms with Crippen molar-refractivity contribution in [2.45, 2.75) is 13.8 Å². The van der Waals surface area contributed by atoms with Crippen molar-refractivity contribution in [3.8, 4) is 6.07 Å². The van der Waals surface area contributed by atoms with E-state index in [9.17, 15) is 9.59 Å². The molecule has 1 fully saturated rings. The van der Waals surface area contributed by atoms with Crippen molar-refractivity contribution in [1.29, 1.82) is 5.26 Å². The van der Waals surface area contributed by atoms with Crippen LogP contribution in [0.4, 0.5) is 5.69 Å². The van der Waals surface area contributed by atoms with Crippen LogP contribution in [0, 0.1) is 11.3 Å². The van der Waals surface area contributed by atoms with Gasteiger partial charge in [-0.25, -0.2) is 0 Å². The predicted octanol–water partition coefficient (Wildman–Crippen LogP) is 3.02. The number of hydrogen-bond acceptors (Lipinski definition) is 6. The molecule has 150 valence electrons. The molecule has 0 atom stereocenters. The average molecular weight is 402 g/mol. The summed E-state index contributed by atoms with van der Waals surface area (Å²) in [6.07, 6.45) is 1.55. The van der Waals surface area contributed by atoms with E-state index in [-0.39, 0.29) is 18.7 Å². The van der Waals surface area contributed by atoms with Gasteiger partial charge >= 0.3 is 0 Å². The number of benzene rings is 1. The van der Waals surface area contributed by atoms with Crippen LogP contribution in [0.25, 0.3) is 6.08 Å². The first-order valence-corrected chi connectivity index (χ1v) is 10.1. The number of thioether (sulfide) groups is 1. The van der Waals surface area contributed by atoms with Crippen molar-refractivity contribution in [3.63, 3.8) is 0 Å². The SMILES string of the molecule is C=C(C)C.N#C/C(=C\c1ccc(N2CCSCC2)cc1)C(=O)NCCOC=O. The standard InChI is InChI=1S/C17H19N3O3S.C4H8/c18-12-15(17(22)19-5-8-23-13-21)11-14-1-3-16(4-2-14)20-6-9-24-10-7-20;1-4(2)3/h1-4,11,13H,5-10H2,(H,19,22);1H2,2-3H3/b15-11+;. The van der Waals surface area contributed by atoms with Gasteiger partial charge in [-0.3, -0.25) is 9.59 Å². The van der Waals surface area contributed by atoms with E-state index in [0.717, 1.165) is 35.8 Å². The Morgan fingerprint density at radius 3 is 2.46 bits per heavy atom. The maximum atomic E-state index is 11.9. The van der Waals surface area contributed by atoms with Gasteiger partial charge in [-0.05, 0) is 37.6 Å². The minimum Gasteiger partial charge on any atom is -0.466 e. The van der Waals surface area contributed by atoms with Crippen LogP contribution in [0.1, 0.15) is 19.4 Å². The fraction of sp³-hybridized carbons (Fsp3) is 0.381. The molecule has 7 heteroatoms. The number of nitriles is 1. The van der Waals surface area contributed by atoms with Gasteiger partial charge in [-0.1, -0.05) is 17.7 Å². The van der Waals surface area contributed by atoms with Crippen molar-refractivity contribution in [2.24, 2.45) is 0 Å². The number of amides is 1. The highest BCUT2D eigenvalue weighted by Gasteiger charge is 2.11. The maximum absolute atomic E-state index is 11.9. The summed E-state index contributed by atoms with van der Waals surface area (Å²) in [5.74, 6) is 1.78. The van der Waals surface area contributed by atoms with Crippen LogP contribution in [0.2, 0.25) is 0 Å². The zero-order chi connectivity index (χ0) is 20.8. The molecule has 1 aliphatic heterocycles. The molecule has 0 aliphatic carbocycles. The normalized spacial score (nSPS) is 13.5. The van der Waals surface area contributed by atoms with Crippen LogP contribution >= 0.6 is 11.8 Å². The molecule has 0 radical (unpaired) electrons. The summed E-state index contributed by atoms with van der Waals surface area (Å²) in [5.41, 5.74) is 3.13. The van der Waals surface area contributed by atoms with E-state index in [4.69, 9.17) is 5.26 Å². The van der Waals surface area contributed by atoms with Crippen LogP contribution in [0.5, 0.6) is 0 Å². The first-order valence-electron chi connectivity index (χ1n) is 8.98. The predicted molar refractivity (Wildman–Crippen MR) is 115 cm³/mol. The highest BCUT2D eigenvalue weighted by Crippen LogP contribution is 2.20. The summed E-state index contributed by atoms with van der Waals surface area (Å²) < 4.78 is 4.48. The lowest BCUT2D eigenvalue weighted by Gasteiger charge is -2.28. The van der Waals surface area contributed by atoms with Crippen molar-refractivity contribution < 1.29 is 14.3 Å². The summed E-state index contributed by atoms with van der Waals surface area (Å²) in [4.78, 5) is 24.2. The number of anilines is 1. The molecule has 1 aromatic rings. The third kappa shape index (κ3) is 9.28. The number of nitrogens with zero attached hydrogens (tertiary/aromatic N) is 2. The number of carbonyl (C=O) groups is 2. The third-order valence-corrected chi connectivity index (χ3v) is 4.46. The largest absolute Gasteiger partial charge is 0.466 e. The number of nitrogens with one attached hydrogen (secondary N) is 1. The Morgan fingerprint density at radius 2 is 1.93 bits per heavy atom. The Kier molecular flexibility index (Phi) is 11.2. The summed E-state index contributed by atoms with van der Waals surface area (Å²) >= 11 is 1.96. The molecule has 1 aromatic carbocycles. The molecule has 0 bridgehead atoms. The lowest BCUT2D eigenvalue weighted by molar-refractivity contribution is -0.129. The van der Waals surface area contributed by atoms with Gasteiger partial charge in [-0.15, -0.1) is 6.58 Å². The molecule has 0 spiro atoms. The van der Waals surface area contributed by atoms with Gasteiger partial charge in [0.25, 0.3) is 12.4 Å². The molecule has 1 aliphatic rings. The van der Waals surface area contributed by atoms with Gasteiger partial charge < -0.3 is 15.0 Å². The number of rotatable bonds is 7. The molecule has 6 nitrogen and oxygen atoms in total. The summed E-state index contributed by atoms with van der Waals surface area (Å²) in [6, 6.07) is 9.71. The Hall–Kier alpha value is -2.72. The van der Waals surface area contributed by atoms with Crippen LogP contribution in [-0.2, 0) is 14.3 Å². The van der Waals surface area contributed by atoms with Crippen LogP contribution < -0.4 is 10.2 Å². The lowest BCUT2D eigenvalue weighted by Crippen LogP contribution is -2.32. The molecule has 1 amide bonds. The monoisotopic (exact) mass is 401 g/mol. The van der Waals surface area contributed by atoms with E-state index in [0.29, 0.717) is 6.47 Å². The van der Waals surface area contributed by atoms with Gasteiger partial charge in [0.1, 0.15) is 18.2 Å². The molecule has 1 heterocycles. The Morgan fingerprint density at radius 1 is 1.32 bits per heavy atom. The average Bonchev–Trinajstić information content (AvgIpc) is 2.70. The quantitative estimate of drug-likeness (QED) is 0.249. The first kappa shape index (κ1) is 23.3. The fourth-order valence-corrected chi connectivity index (χ4v) is 3.19. The highest BCUT2D eigenvalue weighted by molar-refractivity contribution is 7.99. The van der Waals surface area contributed by atoms with Crippen molar-refractivity contribution >= 4 is 35.9 Å². The second-order valence-corrected chi connectivity index (χ2v) is 7.52. The summed E-state index contributed by atoms with van der Waals surface area (Å²) in [5, 5.41) is 11.7. The molecule has 2 rings (SSSR count). The molecule has 1 N–H and O–H groups in total. The topological polar surface area (TPSA) is 82.4 Å². The van der Waals surface area contributed by atoms with E-state index >= 15 is 0 Å². The van der Waals surface area contributed by atoms with Crippen molar-refractivity contribution in [2.75, 3.05) is 42.6 Å². The minimum atomic E-state index is -0.482. The molecule has 0 saturated carbocycles. The zero-order valence-corrected chi connectivity index (χ0v) is 17.3. The van der Waals surface area contributed by atoms with Crippen molar-refractivity contribution in [1.82, 2.24) is 5.32 Å². The smallest absolute Gasteiger partial charge is 0.293 e. The second kappa shape index (κ2) is 13.4. The number of hydrogen-bond donors (Lipinski definition) is 1. The third-order valence-electron chi connectivity index (χ3n) is 3.52. The summed E-state index contributed by atoms with van der Waals surface area (Å²) in [7, 11) is 0. The van der Waals surface area contributed by atoms with Gasteiger partial charge in [0.15, 0.2) is 0 Å². The Labute approximate surface area is 171 Å². The molecule has 0 unspecified atom stereocenters. The van der Waals surface area contributed by atoms with E-state index in [1.54, 1.807) is 6.08 Å². The number of carbonyl (C=O) groups excluding carboxylic acids is 2. The highest BCUT2D eigenvalue weighted by atomic mass is 32.2. The van der Waals surface area contributed by atoms with E-state index in [1.807, 2.05) is 55.9 Å². The molecule has 1 saturated heterocycles. The van der Waals surface area contributed by atoms with Crippen LogP contribution in [0.15, 0.2) is 42.0 Å². The number of allylic oxidation sites excluding steroid dienone is 1. The van der Waals surface area contributed by atoms with Crippen LogP contribution in [0.3, 0.4) is 0 Å². The van der Waals surface area contributed by atoms with E-state index in [2.05, 4.69) is 21.5 Å². The van der Waals surface area contributed by atoms with Crippen molar-refractivity contribution in [3.05, 3.63) is 47.6 Å². The first-order chi connectivity index (χ1) is 13.5. The van der Waals surface area contributed by atoms with Crippen LogP contribution in [-0.4, -0.2) is 50.1 Å². The number of ether oxygens (including phenoxy) is 1. The Balaban J connectivity index is 0.000000892. The molecular weight excluding hydrogens is 374 g/mol. The minimum absolute atomic E-state index is 0.0169.